The predicted octanol–water partition coefficient (Wildman–Crippen LogP) is 1.80. The van der Waals surface area contributed by atoms with Crippen LogP contribution in [0.2, 0.25) is 0 Å². The molecule has 1 aromatic rings. The molecule has 4 nitrogen and oxygen atoms in total. The molecule has 94 valence electrons. The molecular weight excluding hydrogens is 218 g/mol. The molecular formula is C13H19NO3. The Morgan fingerprint density at radius 3 is 2.00 bits per heavy atom. The van der Waals surface area contributed by atoms with Crippen LogP contribution in [0.15, 0.2) is 12.1 Å². The molecule has 1 aromatic carbocycles. The Kier molecular flexibility index (Phi) is 3.26. The van der Waals surface area contributed by atoms with Crippen LogP contribution in [0.5, 0.6) is 11.5 Å². The van der Waals surface area contributed by atoms with E-state index >= 15 is 0 Å². The van der Waals surface area contributed by atoms with E-state index in [1.54, 1.807) is 21.3 Å². The molecule has 0 heterocycles. The van der Waals surface area contributed by atoms with Gasteiger partial charge in [0, 0.05) is 12.6 Å². The van der Waals surface area contributed by atoms with Gasteiger partial charge in [-0.1, -0.05) is 0 Å². The second kappa shape index (κ2) is 4.55. The van der Waals surface area contributed by atoms with E-state index in [9.17, 15) is 0 Å². The summed E-state index contributed by atoms with van der Waals surface area (Å²) in [5.41, 5.74) is 7.97. The molecule has 0 radical (unpaired) electrons. The average molecular weight is 237 g/mol. The maximum absolute atomic E-state index is 6.25. The minimum Gasteiger partial charge on any atom is -0.496 e. The zero-order chi connectivity index (χ0) is 12.5. The molecule has 1 saturated carbocycles. The van der Waals surface area contributed by atoms with E-state index in [0.717, 1.165) is 35.5 Å². The largest absolute Gasteiger partial charge is 0.496 e. The van der Waals surface area contributed by atoms with Gasteiger partial charge in [-0.25, -0.2) is 0 Å². The summed E-state index contributed by atoms with van der Waals surface area (Å²) in [4.78, 5) is 0. The van der Waals surface area contributed by atoms with Crippen molar-refractivity contribution in [3.8, 4) is 11.5 Å². The predicted molar refractivity (Wildman–Crippen MR) is 65.4 cm³/mol. The highest BCUT2D eigenvalue weighted by molar-refractivity contribution is 5.54. The molecule has 2 N–H and O–H groups in total. The van der Waals surface area contributed by atoms with Gasteiger partial charge in [0.1, 0.15) is 11.5 Å². The average Bonchev–Trinajstić information content (AvgIpc) is 3.07. The Morgan fingerprint density at radius 1 is 1.12 bits per heavy atom. The Hall–Kier alpha value is -1.26. The fourth-order valence-corrected chi connectivity index (χ4v) is 2.09. The zero-order valence-corrected chi connectivity index (χ0v) is 10.6. The molecule has 0 amide bonds. The molecule has 1 aliphatic rings. The maximum Gasteiger partial charge on any atom is 0.127 e. The van der Waals surface area contributed by atoms with Gasteiger partial charge < -0.3 is 19.9 Å². The van der Waals surface area contributed by atoms with Crippen molar-refractivity contribution in [3.05, 3.63) is 23.3 Å². The summed E-state index contributed by atoms with van der Waals surface area (Å²) < 4.78 is 16.0. The number of nitrogens with two attached hydrogens (primary N) is 1. The highest BCUT2D eigenvalue weighted by Gasteiger charge is 2.44. The van der Waals surface area contributed by atoms with Crippen LogP contribution in [-0.4, -0.2) is 21.3 Å². The third kappa shape index (κ3) is 2.23. The van der Waals surface area contributed by atoms with Crippen molar-refractivity contribution in [1.82, 2.24) is 0 Å². The van der Waals surface area contributed by atoms with Crippen LogP contribution >= 0.6 is 0 Å². The Labute approximate surface area is 102 Å². The summed E-state index contributed by atoms with van der Waals surface area (Å²) in [6.07, 6.45) is 1.95. The molecule has 4 heteroatoms. The van der Waals surface area contributed by atoms with Crippen molar-refractivity contribution in [2.24, 2.45) is 5.73 Å². The molecule has 0 unspecified atom stereocenters. The van der Waals surface area contributed by atoms with Crippen molar-refractivity contribution >= 4 is 0 Å². The van der Waals surface area contributed by atoms with E-state index in [4.69, 9.17) is 19.9 Å². The van der Waals surface area contributed by atoms with Crippen molar-refractivity contribution in [1.29, 1.82) is 0 Å². The third-order valence-electron chi connectivity index (χ3n) is 3.16. The van der Waals surface area contributed by atoms with Crippen LogP contribution in [0, 0.1) is 0 Å². The Morgan fingerprint density at radius 2 is 1.65 bits per heavy atom. The molecule has 2 rings (SSSR count). The van der Waals surface area contributed by atoms with E-state index in [-0.39, 0.29) is 5.54 Å². The third-order valence-corrected chi connectivity index (χ3v) is 3.16. The summed E-state index contributed by atoms with van der Waals surface area (Å²) in [7, 11) is 4.97. The lowest BCUT2D eigenvalue weighted by Crippen LogP contribution is -2.21. The van der Waals surface area contributed by atoms with Gasteiger partial charge in [-0.15, -0.1) is 0 Å². The lowest BCUT2D eigenvalue weighted by atomic mass is 10.0. The molecule has 1 fully saturated rings. The van der Waals surface area contributed by atoms with Gasteiger partial charge in [0.05, 0.1) is 26.4 Å². The van der Waals surface area contributed by atoms with E-state index in [2.05, 4.69) is 0 Å². The fourth-order valence-electron chi connectivity index (χ4n) is 2.09. The molecule has 0 spiro atoms. The van der Waals surface area contributed by atoms with Gasteiger partial charge in [0.2, 0.25) is 0 Å². The smallest absolute Gasteiger partial charge is 0.127 e. The number of benzene rings is 1. The number of ether oxygens (including phenoxy) is 3. The maximum atomic E-state index is 6.25. The van der Waals surface area contributed by atoms with Gasteiger partial charge in [-0.3, -0.25) is 0 Å². The summed E-state index contributed by atoms with van der Waals surface area (Å²) in [5, 5.41) is 0. The number of rotatable bonds is 5. The van der Waals surface area contributed by atoms with Crippen molar-refractivity contribution in [3.63, 3.8) is 0 Å². The number of methoxy groups -OCH3 is 3. The van der Waals surface area contributed by atoms with Crippen LogP contribution in [0.1, 0.15) is 24.0 Å². The molecule has 0 atom stereocenters. The standard InChI is InChI=1S/C13H19NO3/c1-15-8-9-6-10(16-2)12(11(7-9)17-3)13(14)4-5-13/h6-7H,4-5,8,14H2,1-3H3. The number of hydrogen-bond acceptors (Lipinski definition) is 4. The lowest BCUT2D eigenvalue weighted by Gasteiger charge is -2.19. The number of hydrogen-bond donors (Lipinski definition) is 1. The van der Waals surface area contributed by atoms with Gasteiger partial charge in [-0.2, -0.15) is 0 Å². The summed E-state index contributed by atoms with van der Waals surface area (Å²) in [6.45, 7) is 0.532. The molecule has 0 aromatic heterocycles. The molecule has 17 heavy (non-hydrogen) atoms. The van der Waals surface area contributed by atoms with E-state index in [0.29, 0.717) is 6.61 Å². The Bertz CT molecular complexity index is 388. The Balaban J connectivity index is 2.48. The topological polar surface area (TPSA) is 53.7 Å². The van der Waals surface area contributed by atoms with Gasteiger partial charge in [-0.05, 0) is 30.5 Å². The van der Waals surface area contributed by atoms with E-state index in [1.807, 2.05) is 12.1 Å². The highest BCUT2D eigenvalue weighted by atomic mass is 16.5. The van der Waals surface area contributed by atoms with E-state index in [1.165, 1.54) is 0 Å². The van der Waals surface area contributed by atoms with Crippen molar-refractivity contribution in [2.45, 2.75) is 25.0 Å². The minimum absolute atomic E-state index is 0.276. The summed E-state index contributed by atoms with van der Waals surface area (Å²) in [5.74, 6) is 1.58. The highest BCUT2D eigenvalue weighted by Crippen LogP contribution is 2.50. The van der Waals surface area contributed by atoms with Gasteiger partial charge >= 0.3 is 0 Å². The zero-order valence-electron chi connectivity index (χ0n) is 10.6. The van der Waals surface area contributed by atoms with Crippen LogP contribution in [-0.2, 0) is 16.9 Å². The first-order valence-corrected chi connectivity index (χ1v) is 5.68. The lowest BCUT2D eigenvalue weighted by molar-refractivity contribution is 0.184. The molecule has 0 aliphatic heterocycles. The van der Waals surface area contributed by atoms with Crippen molar-refractivity contribution < 1.29 is 14.2 Å². The first-order chi connectivity index (χ1) is 8.14. The van der Waals surface area contributed by atoms with Gasteiger partial charge in [0.25, 0.3) is 0 Å². The normalized spacial score (nSPS) is 16.7. The first kappa shape index (κ1) is 12.2. The molecule has 0 saturated heterocycles. The van der Waals surface area contributed by atoms with Crippen LogP contribution < -0.4 is 15.2 Å². The first-order valence-electron chi connectivity index (χ1n) is 5.68. The molecule has 1 aliphatic carbocycles. The van der Waals surface area contributed by atoms with E-state index < -0.39 is 0 Å². The van der Waals surface area contributed by atoms with Gasteiger partial charge in [0.15, 0.2) is 0 Å². The van der Waals surface area contributed by atoms with Crippen LogP contribution in [0.3, 0.4) is 0 Å². The SMILES string of the molecule is COCc1cc(OC)c(C2(N)CC2)c(OC)c1. The van der Waals surface area contributed by atoms with Crippen LogP contribution in [0.25, 0.3) is 0 Å². The van der Waals surface area contributed by atoms with Crippen molar-refractivity contribution in [2.75, 3.05) is 21.3 Å². The summed E-state index contributed by atoms with van der Waals surface area (Å²) >= 11 is 0. The second-order valence-electron chi connectivity index (χ2n) is 4.46. The van der Waals surface area contributed by atoms with Crippen LogP contribution in [0.4, 0.5) is 0 Å². The fraction of sp³-hybridized carbons (Fsp3) is 0.538. The second-order valence-corrected chi connectivity index (χ2v) is 4.46. The monoisotopic (exact) mass is 237 g/mol. The molecule has 0 bridgehead atoms. The summed E-state index contributed by atoms with van der Waals surface area (Å²) in [6, 6.07) is 3.93. The minimum atomic E-state index is -0.276. The quantitative estimate of drug-likeness (QED) is 0.848.